The lowest BCUT2D eigenvalue weighted by Gasteiger charge is -2.09. The number of rotatable bonds is 6. The molecular weight excluding hydrogens is 534 g/mol. The van der Waals surface area contributed by atoms with E-state index in [4.69, 9.17) is 5.26 Å². The van der Waals surface area contributed by atoms with E-state index in [1.807, 2.05) is 6.07 Å². The Balaban J connectivity index is 1.72. The average Bonchev–Trinajstić information content (AvgIpc) is 2.86. The van der Waals surface area contributed by atoms with E-state index in [9.17, 15) is 31.0 Å². The van der Waals surface area contributed by atoms with Gasteiger partial charge in [0.1, 0.15) is 10.6 Å². The molecule has 14 heteroatoms. The largest absolute Gasteiger partial charge is 0.504 e. The lowest BCUT2D eigenvalue weighted by atomic mass is 10.1. The van der Waals surface area contributed by atoms with E-state index in [0.29, 0.717) is 28.2 Å². The number of nitriles is 1. The van der Waals surface area contributed by atoms with Crippen LogP contribution in [0.1, 0.15) is 11.1 Å². The highest BCUT2D eigenvalue weighted by Gasteiger charge is 2.23. The Hall–Kier alpha value is -4.55. The molecule has 0 atom stereocenters. The van der Waals surface area contributed by atoms with Crippen molar-refractivity contribution >= 4 is 53.8 Å². The number of hydrogen-bond acceptors (Lipinski definition) is 10. The van der Waals surface area contributed by atoms with Gasteiger partial charge >= 0.3 is 0 Å². The number of fused-ring (bicyclic) bond motifs is 1. The molecule has 0 amide bonds. The van der Waals surface area contributed by atoms with Crippen molar-refractivity contribution in [3.8, 4) is 11.8 Å². The van der Waals surface area contributed by atoms with E-state index >= 15 is 0 Å². The minimum Gasteiger partial charge on any atom is -0.504 e. The Bertz CT molecular complexity index is 1900. The van der Waals surface area contributed by atoms with Crippen molar-refractivity contribution in [1.82, 2.24) is 0 Å². The fraction of sp³-hybridized carbons (Fsp3) is 0.0417. The summed E-state index contributed by atoms with van der Waals surface area (Å²) in [5, 5.41) is 35.8. The predicted molar refractivity (Wildman–Crippen MR) is 136 cm³/mol. The smallest absolute Gasteiger partial charge is 0.298 e. The van der Waals surface area contributed by atoms with E-state index in [2.05, 4.69) is 20.5 Å². The summed E-state index contributed by atoms with van der Waals surface area (Å²) in [6.45, 7) is 1.74. The third kappa shape index (κ3) is 5.71. The van der Waals surface area contributed by atoms with Crippen LogP contribution in [0.3, 0.4) is 0 Å². The van der Waals surface area contributed by atoms with E-state index in [-0.39, 0.29) is 16.5 Å². The second kappa shape index (κ2) is 10.1. The first-order chi connectivity index (χ1) is 17.9. The fourth-order valence-electron chi connectivity index (χ4n) is 3.42. The molecule has 0 spiro atoms. The molecule has 0 bridgehead atoms. The summed E-state index contributed by atoms with van der Waals surface area (Å²) in [7, 11) is -9.54. The number of aryl methyl sites for hydroxylation is 1. The second-order valence-corrected chi connectivity index (χ2v) is 10.7. The molecule has 0 heterocycles. The van der Waals surface area contributed by atoms with E-state index < -0.39 is 35.8 Å². The van der Waals surface area contributed by atoms with E-state index in [1.165, 1.54) is 6.07 Å². The normalized spacial score (nSPS) is 12.4. The van der Waals surface area contributed by atoms with E-state index in [0.717, 1.165) is 18.2 Å². The molecule has 4 aromatic carbocycles. The number of phenolic OH excluding ortho intramolecular Hbond substituents is 1. The molecule has 3 N–H and O–H groups in total. The molecule has 0 radical (unpaired) electrons. The summed E-state index contributed by atoms with van der Waals surface area (Å²) < 4.78 is 65.5. The minimum absolute atomic E-state index is 0.0470. The number of hydrogen-bond donors (Lipinski definition) is 3. The number of azo groups is 2. The SMILES string of the molecule is Cc1cc(N=Nc2c(O)c(S(=O)(=O)O)cc3cc(S(=O)(=O)O)ccc23)ccc1N=Nc1ccc(C#N)cc1. The molecule has 0 aromatic heterocycles. The Labute approximate surface area is 216 Å². The first-order valence-electron chi connectivity index (χ1n) is 10.6. The zero-order chi connectivity index (χ0) is 27.7. The van der Waals surface area contributed by atoms with Crippen LogP contribution in [0.15, 0.2) is 97.0 Å². The van der Waals surface area contributed by atoms with Gasteiger partial charge in [0.05, 0.1) is 33.6 Å². The van der Waals surface area contributed by atoms with Crippen molar-refractivity contribution in [2.24, 2.45) is 20.5 Å². The van der Waals surface area contributed by atoms with Gasteiger partial charge in [0, 0.05) is 5.39 Å². The monoisotopic (exact) mass is 551 g/mol. The van der Waals surface area contributed by atoms with Crippen LogP contribution in [0, 0.1) is 18.3 Å². The highest BCUT2D eigenvalue weighted by Crippen LogP contribution is 2.42. The molecule has 12 nitrogen and oxygen atoms in total. The summed E-state index contributed by atoms with van der Waals surface area (Å²) >= 11 is 0. The molecule has 0 unspecified atom stereocenters. The molecule has 0 aliphatic carbocycles. The maximum absolute atomic E-state index is 11.8. The van der Waals surface area contributed by atoms with Crippen molar-refractivity contribution in [1.29, 1.82) is 5.26 Å². The first kappa shape index (κ1) is 26.5. The van der Waals surface area contributed by atoms with Crippen LogP contribution in [-0.4, -0.2) is 31.0 Å². The summed E-state index contributed by atoms with van der Waals surface area (Å²) in [5.74, 6) is -0.895. The third-order valence-electron chi connectivity index (χ3n) is 5.31. The molecule has 4 aromatic rings. The van der Waals surface area contributed by atoms with Gasteiger partial charge in [0.2, 0.25) is 0 Å². The lowest BCUT2D eigenvalue weighted by Crippen LogP contribution is -2.00. The van der Waals surface area contributed by atoms with Crippen molar-refractivity contribution < 1.29 is 31.0 Å². The number of benzene rings is 4. The molecule has 0 saturated heterocycles. The van der Waals surface area contributed by atoms with Crippen LogP contribution in [-0.2, 0) is 20.2 Å². The molecule has 0 aliphatic heterocycles. The van der Waals surface area contributed by atoms with Gasteiger partial charge in [-0.15, -0.1) is 5.11 Å². The standard InChI is InChI=1S/C24H17N5O7S2/c1-14-10-18(6-9-21(14)28-26-17-4-2-15(13-25)3-5-17)27-29-23-20-8-7-19(37(31,32)33)11-16(20)12-22(24(23)30)38(34,35)36/h2-12,30H,1H3,(H,31,32,33)(H,34,35,36). The van der Waals surface area contributed by atoms with Crippen LogP contribution >= 0.6 is 0 Å². The van der Waals surface area contributed by atoms with Crippen LogP contribution in [0.5, 0.6) is 5.75 Å². The van der Waals surface area contributed by atoms with Gasteiger partial charge in [-0.25, -0.2) is 0 Å². The van der Waals surface area contributed by atoms with Crippen molar-refractivity contribution in [2.45, 2.75) is 16.7 Å². The molecule has 192 valence electrons. The summed E-state index contributed by atoms with van der Waals surface area (Å²) in [6.07, 6.45) is 0. The van der Waals surface area contributed by atoms with Crippen LogP contribution in [0.2, 0.25) is 0 Å². The zero-order valence-electron chi connectivity index (χ0n) is 19.4. The Morgan fingerprint density at radius 1 is 0.763 bits per heavy atom. The van der Waals surface area contributed by atoms with Gasteiger partial charge in [-0.3, -0.25) is 9.11 Å². The number of aromatic hydroxyl groups is 1. The van der Waals surface area contributed by atoms with Crippen LogP contribution < -0.4 is 0 Å². The zero-order valence-corrected chi connectivity index (χ0v) is 21.0. The lowest BCUT2D eigenvalue weighted by molar-refractivity contribution is 0.445. The van der Waals surface area contributed by atoms with Crippen LogP contribution in [0.4, 0.5) is 22.7 Å². The third-order valence-corrected chi connectivity index (χ3v) is 7.03. The highest BCUT2D eigenvalue weighted by atomic mass is 32.2. The Morgan fingerprint density at radius 2 is 1.42 bits per heavy atom. The molecule has 0 saturated carbocycles. The maximum Gasteiger partial charge on any atom is 0.298 e. The molecular formula is C24H17N5O7S2. The number of phenols is 1. The fourth-order valence-corrected chi connectivity index (χ4v) is 4.56. The van der Waals surface area contributed by atoms with E-state index in [1.54, 1.807) is 49.4 Å². The molecule has 0 fully saturated rings. The van der Waals surface area contributed by atoms with Gasteiger partial charge in [-0.05, 0) is 78.5 Å². The summed E-state index contributed by atoms with van der Waals surface area (Å²) in [5.41, 5.74) is 2.18. The van der Waals surface area contributed by atoms with Crippen molar-refractivity contribution in [3.05, 3.63) is 77.9 Å². The summed E-state index contributed by atoms with van der Waals surface area (Å²) in [4.78, 5) is -1.44. The van der Waals surface area contributed by atoms with Gasteiger partial charge in [-0.2, -0.15) is 37.4 Å². The Kier molecular flexibility index (Phi) is 7.03. The molecule has 0 aliphatic rings. The Morgan fingerprint density at radius 3 is 2.03 bits per heavy atom. The van der Waals surface area contributed by atoms with Gasteiger partial charge in [0.15, 0.2) is 5.75 Å². The van der Waals surface area contributed by atoms with Gasteiger partial charge in [-0.1, -0.05) is 6.07 Å². The average molecular weight is 552 g/mol. The van der Waals surface area contributed by atoms with Gasteiger partial charge in [0.25, 0.3) is 20.2 Å². The second-order valence-electron chi connectivity index (χ2n) is 7.93. The maximum atomic E-state index is 11.8. The predicted octanol–water partition coefficient (Wildman–Crippen LogP) is 6.05. The number of nitrogens with zero attached hydrogens (tertiary/aromatic N) is 5. The summed E-state index contributed by atoms with van der Waals surface area (Å²) in [6, 6.07) is 17.4. The first-order valence-corrected chi connectivity index (χ1v) is 13.4. The van der Waals surface area contributed by atoms with Crippen molar-refractivity contribution in [2.75, 3.05) is 0 Å². The highest BCUT2D eigenvalue weighted by molar-refractivity contribution is 7.86. The van der Waals surface area contributed by atoms with Crippen molar-refractivity contribution in [3.63, 3.8) is 0 Å². The quantitative estimate of drug-likeness (QED) is 0.190. The van der Waals surface area contributed by atoms with Gasteiger partial charge < -0.3 is 5.11 Å². The minimum atomic E-state index is -4.93. The molecule has 4 rings (SSSR count). The topological polar surface area (TPSA) is 202 Å². The van der Waals surface area contributed by atoms with Crippen LogP contribution in [0.25, 0.3) is 10.8 Å². The molecule has 38 heavy (non-hydrogen) atoms.